The van der Waals surface area contributed by atoms with Crippen LogP contribution in [0.2, 0.25) is 0 Å². The summed E-state index contributed by atoms with van der Waals surface area (Å²) in [5.74, 6) is 2.01. The Hall–Kier alpha value is -2.24. The number of rotatable bonds is 7. The van der Waals surface area contributed by atoms with Crippen molar-refractivity contribution in [3.05, 3.63) is 33.1 Å². The average Bonchev–Trinajstić information content (AvgIpc) is 2.87. The van der Waals surface area contributed by atoms with Crippen LogP contribution in [-0.2, 0) is 9.59 Å². The lowest BCUT2D eigenvalue weighted by Gasteiger charge is -2.12. The van der Waals surface area contributed by atoms with Gasteiger partial charge < -0.3 is 10.1 Å². The van der Waals surface area contributed by atoms with Crippen molar-refractivity contribution in [1.29, 1.82) is 0 Å². The maximum atomic E-state index is 12.5. The number of amides is 3. The fourth-order valence-corrected chi connectivity index (χ4v) is 3.33. The standard InChI is InChI=1S/C18H17BrN2O4S/c1-3-7-20-16(22)11-21-17(23)15(26-18(21)24)10-12-9-13(19)5-6-14(12)25-8-4-2/h2,5-6,9-10H,3,7-8,11H2,1H3,(H,20,22)/b15-10-. The third kappa shape index (κ3) is 5.13. The summed E-state index contributed by atoms with van der Waals surface area (Å²) in [5, 5.41) is 2.17. The molecule has 1 heterocycles. The van der Waals surface area contributed by atoms with Gasteiger partial charge in [-0.15, -0.1) is 6.42 Å². The minimum atomic E-state index is -0.505. The molecule has 0 spiro atoms. The first kappa shape index (κ1) is 20.1. The highest BCUT2D eigenvalue weighted by Crippen LogP contribution is 2.34. The molecule has 0 radical (unpaired) electrons. The summed E-state index contributed by atoms with van der Waals surface area (Å²) in [4.78, 5) is 37.5. The van der Waals surface area contributed by atoms with E-state index in [1.165, 1.54) is 0 Å². The second kappa shape index (κ2) is 9.46. The fourth-order valence-electron chi connectivity index (χ4n) is 2.12. The molecule has 1 saturated heterocycles. The number of hydrogen-bond donors (Lipinski definition) is 1. The third-order valence-corrected chi connectivity index (χ3v) is 4.72. The number of imide groups is 1. The fraction of sp³-hybridized carbons (Fsp3) is 0.278. The van der Waals surface area contributed by atoms with Crippen molar-refractivity contribution in [2.75, 3.05) is 19.7 Å². The molecule has 1 fully saturated rings. The van der Waals surface area contributed by atoms with Crippen LogP contribution >= 0.6 is 27.7 Å². The number of carbonyl (C=O) groups is 3. The molecule has 2 rings (SSSR count). The Bertz CT molecular complexity index is 801. The van der Waals surface area contributed by atoms with Gasteiger partial charge in [0, 0.05) is 16.6 Å². The van der Waals surface area contributed by atoms with Crippen molar-refractivity contribution in [2.45, 2.75) is 13.3 Å². The molecule has 1 aromatic carbocycles. The Morgan fingerprint density at radius 2 is 2.23 bits per heavy atom. The van der Waals surface area contributed by atoms with E-state index >= 15 is 0 Å². The molecule has 8 heteroatoms. The third-order valence-electron chi connectivity index (χ3n) is 3.32. The number of hydrogen-bond acceptors (Lipinski definition) is 5. The molecule has 0 aliphatic carbocycles. The van der Waals surface area contributed by atoms with Crippen molar-refractivity contribution < 1.29 is 19.1 Å². The predicted molar refractivity (Wildman–Crippen MR) is 104 cm³/mol. The van der Waals surface area contributed by atoms with Gasteiger partial charge in [-0.2, -0.15) is 0 Å². The van der Waals surface area contributed by atoms with Gasteiger partial charge in [0.05, 0.1) is 4.91 Å². The molecule has 0 unspecified atom stereocenters. The molecule has 136 valence electrons. The van der Waals surface area contributed by atoms with Gasteiger partial charge in [0.1, 0.15) is 18.9 Å². The molecule has 1 aromatic rings. The monoisotopic (exact) mass is 436 g/mol. The highest BCUT2D eigenvalue weighted by atomic mass is 79.9. The number of nitrogens with one attached hydrogen (secondary N) is 1. The zero-order valence-electron chi connectivity index (χ0n) is 14.1. The Balaban J connectivity index is 2.21. The normalized spacial score (nSPS) is 15.3. The molecule has 0 atom stereocenters. The Morgan fingerprint density at radius 1 is 1.46 bits per heavy atom. The smallest absolute Gasteiger partial charge is 0.294 e. The van der Waals surface area contributed by atoms with Crippen molar-refractivity contribution >= 4 is 50.8 Å². The van der Waals surface area contributed by atoms with Crippen LogP contribution in [-0.4, -0.2) is 41.6 Å². The van der Waals surface area contributed by atoms with E-state index in [0.717, 1.165) is 27.6 Å². The van der Waals surface area contributed by atoms with Crippen LogP contribution in [0.5, 0.6) is 5.75 Å². The number of carbonyl (C=O) groups excluding carboxylic acids is 3. The Kier molecular flexibility index (Phi) is 7.30. The minimum absolute atomic E-state index is 0.0849. The highest BCUT2D eigenvalue weighted by molar-refractivity contribution is 9.10. The first-order chi connectivity index (χ1) is 12.5. The van der Waals surface area contributed by atoms with Crippen LogP contribution in [0.15, 0.2) is 27.6 Å². The summed E-state index contributed by atoms with van der Waals surface area (Å²) in [7, 11) is 0. The van der Waals surface area contributed by atoms with Crippen LogP contribution in [0.4, 0.5) is 4.79 Å². The van der Waals surface area contributed by atoms with E-state index in [9.17, 15) is 14.4 Å². The summed E-state index contributed by atoms with van der Waals surface area (Å²) in [6, 6.07) is 5.26. The molecular formula is C18H17BrN2O4S. The van der Waals surface area contributed by atoms with Crippen LogP contribution in [0, 0.1) is 12.3 Å². The van der Waals surface area contributed by atoms with E-state index in [4.69, 9.17) is 11.2 Å². The molecule has 26 heavy (non-hydrogen) atoms. The number of terminal acetylenes is 1. The largest absolute Gasteiger partial charge is 0.480 e. The molecule has 0 bridgehead atoms. The number of thioether (sulfide) groups is 1. The van der Waals surface area contributed by atoms with Gasteiger partial charge in [-0.05, 0) is 42.5 Å². The molecule has 0 aromatic heterocycles. The van der Waals surface area contributed by atoms with E-state index in [1.54, 1.807) is 24.3 Å². The van der Waals surface area contributed by atoms with Crippen molar-refractivity contribution in [3.8, 4) is 18.1 Å². The van der Waals surface area contributed by atoms with Crippen molar-refractivity contribution in [1.82, 2.24) is 10.2 Å². The van der Waals surface area contributed by atoms with Crippen LogP contribution in [0.1, 0.15) is 18.9 Å². The second-order valence-electron chi connectivity index (χ2n) is 5.29. The van der Waals surface area contributed by atoms with Gasteiger partial charge in [-0.1, -0.05) is 28.8 Å². The van der Waals surface area contributed by atoms with Gasteiger partial charge >= 0.3 is 0 Å². The predicted octanol–water partition coefficient (Wildman–Crippen LogP) is 3.02. The summed E-state index contributed by atoms with van der Waals surface area (Å²) in [6.07, 6.45) is 7.55. The molecule has 1 aliphatic heterocycles. The van der Waals surface area contributed by atoms with E-state index in [1.807, 2.05) is 6.92 Å². The summed E-state index contributed by atoms with van der Waals surface area (Å²) >= 11 is 4.15. The number of nitrogens with zero attached hydrogens (tertiary/aromatic N) is 1. The van der Waals surface area contributed by atoms with Crippen molar-refractivity contribution in [3.63, 3.8) is 0 Å². The number of ether oxygens (including phenoxy) is 1. The summed E-state index contributed by atoms with van der Waals surface area (Å²) < 4.78 is 6.25. The zero-order valence-corrected chi connectivity index (χ0v) is 16.5. The van der Waals surface area contributed by atoms with E-state index in [0.29, 0.717) is 17.9 Å². The quantitative estimate of drug-likeness (QED) is 0.525. The van der Waals surface area contributed by atoms with E-state index in [2.05, 4.69) is 27.2 Å². The lowest BCUT2D eigenvalue weighted by molar-refractivity contribution is -0.129. The van der Waals surface area contributed by atoms with Crippen LogP contribution in [0.3, 0.4) is 0 Å². The molecule has 1 aliphatic rings. The zero-order chi connectivity index (χ0) is 19.1. The van der Waals surface area contributed by atoms with Crippen molar-refractivity contribution in [2.24, 2.45) is 0 Å². The van der Waals surface area contributed by atoms with Gasteiger partial charge in [0.15, 0.2) is 0 Å². The molecule has 3 amide bonds. The number of benzene rings is 1. The lowest BCUT2D eigenvalue weighted by atomic mass is 10.2. The first-order valence-corrected chi connectivity index (χ1v) is 9.45. The topological polar surface area (TPSA) is 75.7 Å². The molecule has 6 nitrogen and oxygen atoms in total. The van der Waals surface area contributed by atoms with Gasteiger partial charge in [0.2, 0.25) is 5.91 Å². The number of halogens is 1. The minimum Gasteiger partial charge on any atom is -0.480 e. The van der Waals surface area contributed by atoms with Gasteiger partial charge in [0.25, 0.3) is 11.1 Å². The molecule has 0 saturated carbocycles. The summed E-state index contributed by atoms with van der Waals surface area (Å²) in [6.45, 7) is 2.21. The molecule has 1 N–H and O–H groups in total. The maximum Gasteiger partial charge on any atom is 0.294 e. The Morgan fingerprint density at radius 3 is 2.92 bits per heavy atom. The van der Waals surface area contributed by atoms with Gasteiger partial charge in [-0.25, -0.2) is 0 Å². The highest BCUT2D eigenvalue weighted by Gasteiger charge is 2.36. The van der Waals surface area contributed by atoms with Crippen LogP contribution < -0.4 is 10.1 Å². The Labute approximate surface area is 164 Å². The first-order valence-electron chi connectivity index (χ1n) is 7.84. The van der Waals surface area contributed by atoms with E-state index in [-0.39, 0.29) is 24.0 Å². The van der Waals surface area contributed by atoms with E-state index < -0.39 is 11.1 Å². The summed E-state index contributed by atoms with van der Waals surface area (Å²) in [5.41, 5.74) is 0.607. The SMILES string of the molecule is C#CCOc1ccc(Br)cc1/C=C1\SC(=O)N(CC(=O)NCCC)C1=O. The van der Waals surface area contributed by atoms with Crippen LogP contribution in [0.25, 0.3) is 6.08 Å². The molecular weight excluding hydrogens is 420 g/mol. The maximum absolute atomic E-state index is 12.5. The second-order valence-corrected chi connectivity index (χ2v) is 7.20. The lowest BCUT2D eigenvalue weighted by Crippen LogP contribution is -2.39. The average molecular weight is 437 g/mol. The van der Waals surface area contributed by atoms with Gasteiger partial charge in [-0.3, -0.25) is 19.3 Å².